The highest BCUT2D eigenvalue weighted by Gasteiger charge is 2.26. The zero-order valence-corrected chi connectivity index (χ0v) is 17.6. The molecule has 0 radical (unpaired) electrons. The van der Waals surface area contributed by atoms with Crippen molar-refractivity contribution in [2.75, 3.05) is 38.0 Å². The second-order valence-electron chi connectivity index (χ2n) is 7.45. The largest absolute Gasteiger partial charge is 0.349 e. The second-order valence-corrected chi connectivity index (χ2v) is 8.40. The van der Waals surface area contributed by atoms with Crippen LogP contribution < -0.4 is 15.5 Å². The van der Waals surface area contributed by atoms with Crippen molar-refractivity contribution in [3.63, 3.8) is 0 Å². The highest BCUT2D eigenvalue weighted by atomic mass is 32.1. The summed E-state index contributed by atoms with van der Waals surface area (Å²) in [7, 11) is 0. The lowest BCUT2D eigenvalue weighted by Crippen LogP contribution is -3.15. The van der Waals surface area contributed by atoms with Gasteiger partial charge in [-0.3, -0.25) is 14.4 Å². The fourth-order valence-electron chi connectivity index (χ4n) is 3.28. The zero-order valence-electron chi connectivity index (χ0n) is 16.7. The molecule has 1 saturated heterocycles. The van der Waals surface area contributed by atoms with Gasteiger partial charge in [-0.25, -0.2) is 0 Å². The maximum Gasteiger partial charge on any atom is 0.275 e. The number of nitrogens with zero attached hydrogens (tertiary/aromatic N) is 1. The molecule has 0 unspecified atom stereocenters. The van der Waals surface area contributed by atoms with E-state index in [1.165, 1.54) is 16.2 Å². The van der Waals surface area contributed by atoms with Crippen LogP contribution in [0.25, 0.3) is 0 Å². The summed E-state index contributed by atoms with van der Waals surface area (Å²) in [5.74, 6) is -0.124. The van der Waals surface area contributed by atoms with Crippen molar-refractivity contribution in [2.45, 2.75) is 19.9 Å². The van der Waals surface area contributed by atoms with Gasteiger partial charge in [0.05, 0.1) is 31.1 Å². The average molecular weight is 416 g/mol. The number of anilines is 1. The summed E-state index contributed by atoms with van der Waals surface area (Å²) in [5, 5.41) is 7.60. The monoisotopic (exact) mass is 415 g/mol. The molecular formula is C21H27N4O3S+. The fourth-order valence-corrected chi connectivity index (χ4v) is 3.90. The standard InChI is InChI=1S/C21H26N4O3S/c1-15(2)22-19(26)14-24-9-11-25(12-10-24)21(28)16-5-7-17(8-6-16)23-20(27)18-4-3-13-29-18/h3-8,13,15H,9-12,14H2,1-2H3,(H,22,26)(H,23,27)/p+1. The molecule has 1 aromatic carbocycles. The van der Waals surface area contributed by atoms with Crippen LogP contribution in [0, 0.1) is 0 Å². The third kappa shape index (κ3) is 5.88. The minimum absolute atomic E-state index is 0.0215. The van der Waals surface area contributed by atoms with Gasteiger partial charge in [-0.1, -0.05) is 6.07 Å². The maximum atomic E-state index is 12.7. The number of carbonyl (C=O) groups excluding carboxylic acids is 3. The van der Waals surface area contributed by atoms with Gasteiger partial charge in [-0.15, -0.1) is 11.3 Å². The van der Waals surface area contributed by atoms with Gasteiger partial charge >= 0.3 is 0 Å². The Hall–Kier alpha value is -2.71. The molecule has 0 bridgehead atoms. The van der Waals surface area contributed by atoms with Gasteiger partial charge in [-0.2, -0.15) is 0 Å². The number of hydrogen-bond donors (Lipinski definition) is 3. The minimum Gasteiger partial charge on any atom is -0.349 e. The van der Waals surface area contributed by atoms with Crippen molar-refractivity contribution >= 4 is 34.7 Å². The van der Waals surface area contributed by atoms with E-state index < -0.39 is 0 Å². The first kappa shape index (κ1) is 21.0. The predicted molar refractivity (Wildman–Crippen MR) is 113 cm³/mol. The van der Waals surface area contributed by atoms with Gasteiger partial charge < -0.3 is 20.4 Å². The van der Waals surface area contributed by atoms with Gasteiger partial charge in [-0.05, 0) is 49.6 Å². The van der Waals surface area contributed by atoms with Gasteiger partial charge in [0.1, 0.15) is 0 Å². The number of thiophene rings is 1. The topological polar surface area (TPSA) is 82.9 Å². The Labute approximate surface area is 174 Å². The SMILES string of the molecule is CC(C)NC(=O)C[NH+]1CCN(C(=O)c2ccc(NC(=O)c3cccs3)cc2)CC1. The van der Waals surface area contributed by atoms with Gasteiger partial charge in [0.25, 0.3) is 17.7 Å². The van der Waals surface area contributed by atoms with Crippen molar-refractivity contribution in [1.82, 2.24) is 10.2 Å². The number of hydrogen-bond acceptors (Lipinski definition) is 4. The molecule has 0 saturated carbocycles. The molecule has 29 heavy (non-hydrogen) atoms. The van der Waals surface area contributed by atoms with Crippen LogP contribution in [0.4, 0.5) is 5.69 Å². The molecule has 1 aliphatic rings. The van der Waals surface area contributed by atoms with E-state index in [1.807, 2.05) is 30.2 Å². The van der Waals surface area contributed by atoms with E-state index in [0.717, 1.165) is 13.1 Å². The molecule has 0 atom stereocenters. The zero-order chi connectivity index (χ0) is 20.8. The van der Waals surface area contributed by atoms with E-state index in [4.69, 9.17) is 0 Å². The molecule has 2 heterocycles. The summed E-state index contributed by atoms with van der Waals surface area (Å²) >= 11 is 1.38. The Morgan fingerprint density at radius 3 is 2.38 bits per heavy atom. The molecule has 0 spiro atoms. The Bertz CT molecular complexity index is 841. The van der Waals surface area contributed by atoms with Crippen LogP contribution in [0.5, 0.6) is 0 Å². The van der Waals surface area contributed by atoms with Crippen molar-refractivity contribution < 1.29 is 19.3 Å². The molecule has 7 nitrogen and oxygen atoms in total. The van der Waals surface area contributed by atoms with E-state index in [-0.39, 0.29) is 23.8 Å². The Kier molecular flexibility index (Phi) is 7.00. The van der Waals surface area contributed by atoms with Crippen LogP contribution in [-0.4, -0.2) is 61.4 Å². The van der Waals surface area contributed by atoms with Gasteiger partial charge in [0, 0.05) is 17.3 Å². The lowest BCUT2D eigenvalue weighted by Gasteiger charge is -2.32. The Balaban J connectivity index is 1.49. The van der Waals surface area contributed by atoms with Crippen LogP contribution in [0.3, 0.4) is 0 Å². The van der Waals surface area contributed by atoms with Crippen LogP contribution in [0.1, 0.15) is 33.9 Å². The number of nitrogens with one attached hydrogen (secondary N) is 3. The summed E-state index contributed by atoms with van der Waals surface area (Å²) in [4.78, 5) is 40.4. The van der Waals surface area contributed by atoms with Gasteiger partial charge in [0.15, 0.2) is 6.54 Å². The molecule has 1 aliphatic heterocycles. The van der Waals surface area contributed by atoms with Crippen molar-refractivity contribution in [3.8, 4) is 0 Å². The fraction of sp³-hybridized carbons (Fsp3) is 0.381. The van der Waals surface area contributed by atoms with E-state index in [2.05, 4.69) is 10.6 Å². The molecule has 8 heteroatoms. The van der Waals surface area contributed by atoms with Crippen LogP contribution in [0.15, 0.2) is 41.8 Å². The summed E-state index contributed by atoms with van der Waals surface area (Å²) in [6, 6.07) is 10.7. The highest BCUT2D eigenvalue weighted by Crippen LogP contribution is 2.15. The number of amides is 3. The molecule has 2 aromatic rings. The molecule has 1 fully saturated rings. The highest BCUT2D eigenvalue weighted by molar-refractivity contribution is 7.12. The second kappa shape index (κ2) is 9.67. The molecule has 3 rings (SSSR count). The van der Waals surface area contributed by atoms with E-state index in [9.17, 15) is 14.4 Å². The van der Waals surface area contributed by atoms with E-state index in [1.54, 1.807) is 30.3 Å². The lowest BCUT2D eigenvalue weighted by atomic mass is 10.1. The number of rotatable bonds is 6. The van der Waals surface area contributed by atoms with Crippen molar-refractivity contribution in [1.29, 1.82) is 0 Å². The molecule has 154 valence electrons. The normalized spacial score (nSPS) is 14.7. The average Bonchev–Trinajstić information content (AvgIpc) is 3.23. The lowest BCUT2D eigenvalue weighted by molar-refractivity contribution is -0.896. The van der Waals surface area contributed by atoms with Crippen LogP contribution in [-0.2, 0) is 4.79 Å². The first-order chi connectivity index (χ1) is 13.9. The molecule has 3 amide bonds. The number of piperazine rings is 1. The first-order valence-corrected chi connectivity index (χ1v) is 10.7. The van der Waals surface area contributed by atoms with Crippen LogP contribution in [0.2, 0.25) is 0 Å². The van der Waals surface area contributed by atoms with E-state index >= 15 is 0 Å². The number of carbonyl (C=O) groups is 3. The van der Waals surface area contributed by atoms with Crippen LogP contribution >= 0.6 is 11.3 Å². The van der Waals surface area contributed by atoms with Crippen molar-refractivity contribution in [2.24, 2.45) is 0 Å². The van der Waals surface area contributed by atoms with E-state index in [0.29, 0.717) is 35.8 Å². The smallest absolute Gasteiger partial charge is 0.275 e. The molecule has 1 aromatic heterocycles. The number of benzene rings is 1. The summed E-state index contributed by atoms with van der Waals surface area (Å²) in [5.41, 5.74) is 1.26. The maximum absolute atomic E-state index is 12.7. The molecule has 3 N–H and O–H groups in total. The van der Waals surface area contributed by atoms with Gasteiger partial charge in [0.2, 0.25) is 0 Å². The summed E-state index contributed by atoms with van der Waals surface area (Å²) in [6.07, 6.45) is 0. The quantitative estimate of drug-likeness (QED) is 0.655. The Morgan fingerprint density at radius 2 is 1.79 bits per heavy atom. The predicted octanol–water partition coefficient (Wildman–Crippen LogP) is 0.866. The number of quaternary nitrogens is 1. The summed E-state index contributed by atoms with van der Waals surface area (Å²) < 4.78 is 0. The van der Waals surface area contributed by atoms with Crippen molar-refractivity contribution in [3.05, 3.63) is 52.2 Å². The molecular weight excluding hydrogens is 388 g/mol. The molecule has 0 aliphatic carbocycles. The Morgan fingerprint density at radius 1 is 1.10 bits per heavy atom. The minimum atomic E-state index is -0.153. The first-order valence-electron chi connectivity index (χ1n) is 9.79. The summed E-state index contributed by atoms with van der Waals surface area (Å²) in [6.45, 7) is 7.10. The third-order valence-electron chi connectivity index (χ3n) is 4.75. The third-order valence-corrected chi connectivity index (χ3v) is 5.62.